The molecule has 9 nitrogen and oxygen atoms in total. The number of carbonyl (C=O) groups excluding carboxylic acids is 2. The summed E-state index contributed by atoms with van der Waals surface area (Å²) >= 11 is 0. The van der Waals surface area contributed by atoms with Crippen LogP contribution in [0.2, 0.25) is 0 Å². The second-order valence-electron chi connectivity index (χ2n) is 7.91. The van der Waals surface area contributed by atoms with E-state index in [1.807, 2.05) is 18.7 Å². The number of likely N-dealkylation sites (tertiary alicyclic amines) is 1. The van der Waals surface area contributed by atoms with Crippen LogP contribution < -0.4 is 0 Å². The molecule has 3 heterocycles. The molecule has 1 aromatic heterocycles. The molecule has 0 atom stereocenters. The molecule has 9 heteroatoms. The summed E-state index contributed by atoms with van der Waals surface area (Å²) in [7, 11) is 0. The number of morpholine rings is 1. The Labute approximate surface area is 159 Å². The van der Waals surface area contributed by atoms with Gasteiger partial charge >= 0.3 is 0 Å². The van der Waals surface area contributed by atoms with Gasteiger partial charge in [-0.25, -0.2) is 4.68 Å². The summed E-state index contributed by atoms with van der Waals surface area (Å²) in [6, 6.07) is 0. The van der Waals surface area contributed by atoms with Crippen LogP contribution in [-0.4, -0.2) is 86.7 Å². The van der Waals surface area contributed by atoms with Gasteiger partial charge in [0.2, 0.25) is 5.91 Å². The van der Waals surface area contributed by atoms with Gasteiger partial charge in [0.05, 0.1) is 31.6 Å². The maximum Gasteiger partial charge on any atom is 0.276 e. The van der Waals surface area contributed by atoms with Crippen molar-refractivity contribution in [1.82, 2.24) is 24.8 Å². The number of carbonyl (C=O) groups is 2. The average molecular weight is 379 g/mol. The van der Waals surface area contributed by atoms with Crippen LogP contribution in [0.25, 0.3) is 0 Å². The van der Waals surface area contributed by atoms with Gasteiger partial charge in [-0.05, 0) is 18.8 Å². The molecular weight excluding hydrogens is 350 g/mol. The number of aliphatic hydroxyl groups is 1. The molecule has 2 aliphatic rings. The molecule has 0 saturated carbocycles. The first-order valence-electron chi connectivity index (χ1n) is 9.64. The van der Waals surface area contributed by atoms with Gasteiger partial charge in [0.1, 0.15) is 0 Å². The maximum atomic E-state index is 12.4. The van der Waals surface area contributed by atoms with Gasteiger partial charge in [-0.15, -0.1) is 5.10 Å². The number of piperidine rings is 1. The van der Waals surface area contributed by atoms with Gasteiger partial charge in [-0.2, -0.15) is 0 Å². The monoisotopic (exact) mass is 379 g/mol. The second-order valence-corrected chi connectivity index (χ2v) is 7.91. The highest BCUT2D eigenvalue weighted by Gasteiger charge is 2.35. The third-order valence-corrected chi connectivity index (χ3v) is 5.14. The minimum Gasteiger partial charge on any atom is -0.388 e. The van der Waals surface area contributed by atoms with E-state index in [1.165, 1.54) is 4.68 Å². The van der Waals surface area contributed by atoms with Gasteiger partial charge in [0, 0.05) is 32.6 Å². The Hall–Kier alpha value is -2.00. The predicted octanol–water partition coefficient (Wildman–Crippen LogP) is 0.150. The van der Waals surface area contributed by atoms with Gasteiger partial charge in [-0.3, -0.25) is 9.59 Å². The van der Waals surface area contributed by atoms with Gasteiger partial charge in [0.15, 0.2) is 5.69 Å². The van der Waals surface area contributed by atoms with E-state index < -0.39 is 5.60 Å². The highest BCUT2D eigenvalue weighted by atomic mass is 16.5. The van der Waals surface area contributed by atoms with E-state index in [0.29, 0.717) is 64.6 Å². The maximum absolute atomic E-state index is 12.4. The Kier molecular flexibility index (Phi) is 6.11. The van der Waals surface area contributed by atoms with Crippen LogP contribution in [0.4, 0.5) is 0 Å². The first kappa shape index (κ1) is 19.8. The third-order valence-electron chi connectivity index (χ3n) is 5.14. The van der Waals surface area contributed by atoms with Crippen molar-refractivity contribution in [2.45, 2.75) is 45.3 Å². The zero-order chi connectivity index (χ0) is 19.4. The van der Waals surface area contributed by atoms with Crippen LogP contribution in [0.1, 0.15) is 43.6 Å². The van der Waals surface area contributed by atoms with Crippen molar-refractivity contribution in [3.05, 3.63) is 11.9 Å². The van der Waals surface area contributed by atoms with E-state index in [4.69, 9.17) is 4.74 Å². The summed E-state index contributed by atoms with van der Waals surface area (Å²) in [5.41, 5.74) is -0.660. The SMILES string of the molecule is CC(C)CC(=O)N1CCC(O)(Cn2cc(C(=O)N3CCOCC3)nn2)CC1. The number of nitrogens with zero attached hydrogens (tertiary/aromatic N) is 5. The lowest BCUT2D eigenvalue weighted by atomic mass is 9.91. The van der Waals surface area contributed by atoms with Crippen molar-refractivity contribution in [3.8, 4) is 0 Å². The lowest BCUT2D eigenvalue weighted by molar-refractivity contribution is -0.136. The van der Waals surface area contributed by atoms with Crippen molar-refractivity contribution in [1.29, 1.82) is 0 Å². The first-order valence-corrected chi connectivity index (χ1v) is 9.64. The Balaban J connectivity index is 1.54. The number of ether oxygens (including phenoxy) is 1. The van der Waals surface area contributed by atoms with E-state index in [-0.39, 0.29) is 24.1 Å². The van der Waals surface area contributed by atoms with Crippen LogP contribution >= 0.6 is 0 Å². The fourth-order valence-electron chi connectivity index (χ4n) is 3.51. The summed E-state index contributed by atoms with van der Waals surface area (Å²) in [5, 5.41) is 18.8. The van der Waals surface area contributed by atoms with Crippen molar-refractivity contribution in [3.63, 3.8) is 0 Å². The smallest absolute Gasteiger partial charge is 0.276 e. The Bertz CT molecular complexity index is 660. The largest absolute Gasteiger partial charge is 0.388 e. The molecule has 3 rings (SSSR count). The fraction of sp³-hybridized carbons (Fsp3) is 0.778. The number of hydrogen-bond acceptors (Lipinski definition) is 6. The molecule has 0 radical (unpaired) electrons. The van der Waals surface area contributed by atoms with Crippen LogP contribution in [0.15, 0.2) is 6.20 Å². The number of aromatic nitrogens is 3. The second kappa shape index (κ2) is 8.35. The third kappa shape index (κ3) is 5.04. The van der Waals surface area contributed by atoms with Crippen molar-refractivity contribution < 1.29 is 19.4 Å². The lowest BCUT2D eigenvalue weighted by Gasteiger charge is -2.38. The van der Waals surface area contributed by atoms with Gasteiger partial charge in [0.25, 0.3) is 5.91 Å². The van der Waals surface area contributed by atoms with Gasteiger partial charge < -0.3 is 19.6 Å². The molecule has 1 N–H and O–H groups in total. The Morgan fingerprint density at radius 1 is 1.19 bits per heavy atom. The van der Waals surface area contributed by atoms with Crippen molar-refractivity contribution >= 4 is 11.8 Å². The summed E-state index contributed by atoms with van der Waals surface area (Å²) in [4.78, 5) is 28.1. The number of rotatable bonds is 5. The highest BCUT2D eigenvalue weighted by molar-refractivity contribution is 5.92. The summed E-state index contributed by atoms with van der Waals surface area (Å²) in [6.07, 6.45) is 3.10. The predicted molar refractivity (Wildman–Crippen MR) is 97.0 cm³/mol. The van der Waals surface area contributed by atoms with Crippen LogP contribution in [0.5, 0.6) is 0 Å². The lowest BCUT2D eigenvalue weighted by Crippen LogP contribution is -2.48. The minimum absolute atomic E-state index is 0.145. The summed E-state index contributed by atoms with van der Waals surface area (Å²) in [6.45, 7) is 7.57. The quantitative estimate of drug-likeness (QED) is 0.782. The molecule has 27 heavy (non-hydrogen) atoms. The highest BCUT2D eigenvalue weighted by Crippen LogP contribution is 2.25. The van der Waals surface area contributed by atoms with E-state index in [9.17, 15) is 14.7 Å². The molecule has 2 saturated heterocycles. The standard InChI is InChI=1S/C18H29N5O4/c1-14(2)11-16(24)21-5-3-18(26,4-6-21)13-23-12-15(19-20-23)17(25)22-7-9-27-10-8-22/h12,14,26H,3-11,13H2,1-2H3. The summed E-state index contributed by atoms with van der Waals surface area (Å²) in [5.74, 6) is 0.313. The normalized spacial score (nSPS) is 20.1. The molecule has 1 aromatic rings. The van der Waals surface area contributed by atoms with E-state index in [1.54, 1.807) is 11.1 Å². The molecule has 0 aliphatic carbocycles. The Morgan fingerprint density at radius 2 is 1.85 bits per heavy atom. The zero-order valence-electron chi connectivity index (χ0n) is 16.1. The molecule has 0 unspecified atom stereocenters. The fourth-order valence-corrected chi connectivity index (χ4v) is 3.51. The molecule has 2 aliphatic heterocycles. The van der Waals surface area contributed by atoms with E-state index in [2.05, 4.69) is 10.3 Å². The van der Waals surface area contributed by atoms with Crippen molar-refractivity contribution in [2.75, 3.05) is 39.4 Å². The van der Waals surface area contributed by atoms with Crippen molar-refractivity contribution in [2.24, 2.45) is 5.92 Å². The number of amides is 2. The minimum atomic E-state index is -0.943. The van der Waals surface area contributed by atoms with E-state index in [0.717, 1.165) is 0 Å². The van der Waals surface area contributed by atoms with Crippen LogP contribution in [0.3, 0.4) is 0 Å². The molecule has 0 spiro atoms. The number of hydrogen-bond donors (Lipinski definition) is 1. The first-order chi connectivity index (χ1) is 12.9. The molecule has 0 bridgehead atoms. The molecule has 0 aromatic carbocycles. The Morgan fingerprint density at radius 3 is 2.48 bits per heavy atom. The molecular formula is C18H29N5O4. The van der Waals surface area contributed by atoms with E-state index >= 15 is 0 Å². The van der Waals surface area contributed by atoms with Crippen LogP contribution in [0, 0.1) is 5.92 Å². The molecule has 150 valence electrons. The van der Waals surface area contributed by atoms with Crippen LogP contribution in [-0.2, 0) is 16.1 Å². The van der Waals surface area contributed by atoms with Gasteiger partial charge in [-0.1, -0.05) is 19.1 Å². The average Bonchev–Trinajstić information content (AvgIpc) is 3.09. The molecule has 2 fully saturated rings. The zero-order valence-corrected chi connectivity index (χ0v) is 16.1. The summed E-state index contributed by atoms with van der Waals surface area (Å²) < 4.78 is 6.78. The topological polar surface area (TPSA) is 101 Å². The molecule has 2 amide bonds.